The number of benzene rings is 1. The number of carbonyl (C=O) groups excluding carboxylic acids is 1. The predicted molar refractivity (Wildman–Crippen MR) is 53.5 cm³/mol. The molecule has 88 valence electrons. The molecule has 0 unspecified atom stereocenters. The SMILES string of the molecule is O=C(Cc1cc(F)cc(Br)c1)CC(F)(F)F. The molecular formula is C10H7BrF4O. The summed E-state index contributed by atoms with van der Waals surface area (Å²) in [7, 11) is 0. The fourth-order valence-corrected chi connectivity index (χ4v) is 1.74. The van der Waals surface area contributed by atoms with E-state index in [2.05, 4.69) is 15.9 Å². The lowest BCUT2D eigenvalue weighted by Gasteiger charge is -2.05. The zero-order valence-electron chi connectivity index (χ0n) is 7.94. The lowest BCUT2D eigenvalue weighted by molar-refractivity contribution is -0.151. The average molecular weight is 299 g/mol. The third-order valence-corrected chi connectivity index (χ3v) is 2.18. The molecule has 0 aliphatic rings. The first kappa shape index (κ1) is 13.2. The van der Waals surface area contributed by atoms with Gasteiger partial charge in [0.1, 0.15) is 18.0 Å². The van der Waals surface area contributed by atoms with Gasteiger partial charge < -0.3 is 0 Å². The molecule has 0 spiro atoms. The van der Waals surface area contributed by atoms with Crippen molar-refractivity contribution in [3.63, 3.8) is 0 Å². The van der Waals surface area contributed by atoms with Crippen LogP contribution in [0.1, 0.15) is 12.0 Å². The van der Waals surface area contributed by atoms with Crippen molar-refractivity contribution in [2.45, 2.75) is 19.0 Å². The van der Waals surface area contributed by atoms with Crippen molar-refractivity contribution < 1.29 is 22.4 Å². The van der Waals surface area contributed by atoms with Gasteiger partial charge in [-0.15, -0.1) is 0 Å². The Bertz CT molecular complexity index is 380. The van der Waals surface area contributed by atoms with Gasteiger partial charge >= 0.3 is 6.18 Å². The fraction of sp³-hybridized carbons (Fsp3) is 0.300. The molecule has 0 atom stereocenters. The van der Waals surface area contributed by atoms with Crippen LogP contribution in [0.5, 0.6) is 0 Å². The van der Waals surface area contributed by atoms with Gasteiger partial charge in [0.25, 0.3) is 0 Å². The first-order valence-corrected chi connectivity index (χ1v) is 5.09. The predicted octanol–water partition coefficient (Wildman–Crippen LogP) is 3.65. The number of hydrogen-bond donors (Lipinski definition) is 0. The summed E-state index contributed by atoms with van der Waals surface area (Å²) in [5, 5.41) is 0. The van der Waals surface area contributed by atoms with E-state index in [1.807, 2.05) is 0 Å². The molecule has 1 aromatic carbocycles. The van der Waals surface area contributed by atoms with Crippen molar-refractivity contribution in [2.24, 2.45) is 0 Å². The highest BCUT2D eigenvalue weighted by Gasteiger charge is 2.30. The van der Waals surface area contributed by atoms with Gasteiger partial charge in [0.15, 0.2) is 0 Å². The van der Waals surface area contributed by atoms with Crippen LogP contribution in [0.25, 0.3) is 0 Å². The number of ketones is 1. The lowest BCUT2D eigenvalue weighted by atomic mass is 10.1. The number of alkyl halides is 3. The molecule has 1 rings (SSSR count). The van der Waals surface area contributed by atoms with Gasteiger partial charge in [-0.1, -0.05) is 15.9 Å². The van der Waals surface area contributed by atoms with Crippen molar-refractivity contribution in [1.82, 2.24) is 0 Å². The third kappa shape index (κ3) is 4.74. The van der Waals surface area contributed by atoms with Crippen molar-refractivity contribution >= 4 is 21.7 Å². The zero-order chi connectivity index (χ0) is 12.3. The van der Waals surface area contributed by atoms with Gasteiger partial charge in [0.05, 0.1) is 0 Å². The molecular weight excluding hydrogens is 292 g/mol. The van der Waals surface area contributed by atoms with Crippen LogP contribution in [0.15, 0.2) is 22.7 Å². The molecule has 0 saturated carbocycles. The van der Waals surface area contributed by atoms with Gasteiger partial charge in [-0.25, -0.2) is 4.39 Å². The minimum Gasteiger partial charge on any atom is -0.299 e. The third-order valence-electron chi connectivity index (χ3n) is 1.72. The molecule has 0 radical (unpaired) electrons. The molecule has 6 heteroatoms. The maximum atomic E-state index is 12.9. The van der Waals surface area contributed by atoms with Crippen molar-refractivity contribution in [2.75, 3.05) is 0 Å². The Balaban J connectivity index is 2.70. The number of hydrogen-bond acceptors (Lipinski definition) is 1. The molecule has 0 amide bonds. The normalized spacial score (nSPS) is 11.6. The van der Waals surface area contributed by atoms with Gasteiger partial charge in [0, 0.05) is 10.9 Å². The Hall–Kier alpha value is -0.910. The number of rotatable bonds is 3. The maximum Gasteiger partial charge on any atom is 0.395 e. The Morgan fingerprint density at radius 1 is 1.25 bits per heavy atom. The van der Waals surface area contributed by atoms with Crippen molar-refractivity contribution in [3.8, 4) is 0 Å². The zero-order valence-corrected chi connectivity index (χ0v) is 9.53. The van der Waals surface area contributed by atoms with E-state index in [4.69, 9.17) is 0 Å². The summed E-state index contributed by atoms with van der Waals surface area (Å²) in [5.74, 6) is -1.57. The number of Topliss-reactive ketones (excluding diaryl/α,β-unsaturated/α-hetero) is 1. The van der Waals surface area contributed by atoms with Gasteiger partial charge in [-0.3, -0.25) is 4.79 Å². The van der Waals surface area contributed by atoms with Crippen LogP contribution in [0.4, 0.5) is 17.6 Å². The van der Waals surface area contributed by atoms with Crippen LogP contribution in [0.3, 0.4) is 0 Å². The molecule has 1 aromatic rings. The Kier molecular flexibility index (Phi) is 4.07. The van der Waals surface area contributed by atoms with E-state index in [1.54, 1.807) is 0 Å². The minimum absolute atomic E-state index is 0.223. The average Bonchev–Trinajstić information content (AvgIpc) is 1.96. The Morgan fingerprint density at radius 3 is 2.38 bits per heavy atom. The van der Waals surface area contributed by atoms with E-state index in [1.165, 1.54) is 6.07 Å². The summed E-state index contributed by atoms with van der Waals surface area (Å²) >= 11 is 2.99. The molecule has 16 heavy (non-hydrogen) atoms. The van der Waals surface area contributed by atoms with Gasteiger partial charge in [-0.2, -0.15) is 13.2 Å². The summed E-state index contributed by atoms with van der Waals surface area (Å²) in [6.07, 6.45) is -6.42. The van der Waals surface area contributed by atoms with Crippen LogP contribution in [0.2, 0.25) is 0 Å². The maximum absolute atomic E-state index is 12.9. The molecule has 0 aliphatic carbocycles. The monoisotopic (exact) mass is 298 g/mol. The van der Waals surface area contributed by atoms with Gasteiger partial charge in [0.2, 0.25) is 0 Å². The molecule has 0 heterocycles. The Labute approximate surface area is 97.6 Å². The first-order chi connectivity index (χ1) is 7.26. The minimum atomic E-state index is -4.51. The van der Waals surface area contributed by atoms with Crippen LogP contribution in [0, 0.1) is 5.82 Å². The van der Waals surface area contributed by atoms with E-state index in [0.29, 0.717) is 4.47 Å². The molecule has 1 nitrogen and oxygen atoms in total. The van der Waals surface area contributed by atoms with Crippen molar-refractivity contribution in [1.29, 1.82) is 0 Å². The van der Waals surface area contributed by atoms with Crippen LogP contribution in [-0.4, -0.2) is 12.0 Å². The standard InChI is InChI=1S/C10H7BrF4O/c11-7-1-6(2-8(12)4-7)3-9(16)5-10(13,14)15/h1-2,4H,3,5H2. The first-order valence-electron chi connectivity index (χ1n) is 4.30. The molecule has 0 saturated heterocycles. The highest BCUT2D eigenvalue weighted by atomic mass is 79.9. The summed E-state index contributed by atoms with van der Waals surface area (Å²) in [6.45, 7) is 0. The second-order valence-electron chi connectivity index (χ2n) is 3.29. The molecule has 0 aromatic heterocycles. The highest BCUT2D eigenvalue weighted by Crippen LogP contribution is 2.22. The summed E-state index contributed by atoms with van der Waals surface area (Å²) < 4.78 is 48.8. The topological polar surface area (TPSA) is 17.1 Å². The van der Waals surface area contributed by atoms with E-state index in [-0.39, 0.29) is 5.56 Å². The Morgan fingerprint density at radius 2 is 1.88 bits per heavy atom. The van der Waals surface area contributed by atoms with Crippen LogP contribution >= 0.6 is 15.9 Å². The summed E-state index contributed by atoms with van der Waals surface area (Å²) in [6, 6.07) is 3.62. The molecule has 0 aliphatic heterocycles. The largest absolute Gasteiger partial charge is 0.395 e. The summed E-state index contributed by atoms with van der Waals surface area (Å²) in [5.41, 5.74) is 0.223. The van der Waals surface area contributed by atoms with Crippen LogP contribution in [-0.2, 0) is 11.2 Å². The second kappa shape index (κ2) is 4.95. The fourth-order valence-electron chi connectivity index (χ4n) is 1.23. The number of halogens is 5. The van der Waals surface area contributed by atoms with Crippen LogP contribution < -0.4 is 0 Å². The molecule has 0 fully saturated rings. The second-order valence-corrected chi connectivity index (χ2v) is 4.20. The molecule has 0 bridgehead atoms. The van der Waals surface area contributed by atoms with E-state index >= 15 is 0 Å². The van der Waals surface area contributed by atoms with E-state index in [0.717, 1.165) is 12.1 Å². The highest BCUT2D eigenvalue weighted by molar-refractivity contribution is 9.10. The van der Waals surface area contributed by atoms with E-state index in [9.17, 15) is 22.4 Å². The van der Waals surface area contributed by atoms with Gasteiger partial charge in [-0.05, 0) is 23.8 Å². The van der Waals surface area contributed by atoms with E-state index < -0.39 is 30.6 Å². The quantitative estimate of drug-likeness (QED) is 0.779. The summed E-state index contributed by atoms with van der Waals surface area (Å²) in [4.78, 5) is 11.0. The molecule has 0 N–H and O–H groups in total. The van der Waals surface area contributed by atoms with Crippen molar-refractivity contribution in [3.05, 3.63) is 34.1 Å². The smallest absolute Gasteiger partial charge is 0.299 e. The lowest BCUT2D eigenvalue weighted by Crippen LogP contribution is -2.16. The number of carbonyl (C=O) groups is 1.